The van der Waals surface area contributed by atoms with Gasteiger partial charge >= 0.3 is 0 Å². The van der Waals surface area contributed by atoms with Crippen LogP contribution in [0, 0.1) is 0 Å². The average molecular weight is 843 g/mol. The number of fused-ring (bicyclic) bond motifs is 11. The fraction of sp³-hybridized carbons (Fsp3) is 0.0938. The Labute approximate surface area is 385 Å². The number of para-hydroxylation sites is 1. The van der Waals surface area contributed by atoms with Crippen LogP contribution in [0.1, 0.15) is 49.9 Å². The van der Waals surface area contributed by atoms with Gasteiger partial charge in [-0.05, 0) is 138 Å². The van der Waals surface area contributed by atoms with E-state index in [0.717, 1.165) is 11.4 Å². The Bertz CT molecular complexity index is 3890. The number of anilines is 3. The lowest BCUT2D eigenvalue weighted by Gasteiger charge is -2.34. The van der Waals surface area contributed by atoms with E-state index in [-0.39, 0.29) is 10.8 Å². The van der Waals surface area contributed by atoms with Gasteiger partial charge in [-0.1, -0.05) is 173 Å². The molecule has 2 nitrogen and oxygen atoms in total. The van der Waals surface area contributed by atoms with Crippen LogP contribution in [0.15, 0.2) is 206 Å². The molecule has 0 unspecified atom stereocenters. The van der Waals surface area contributed by atoms with Gasteiger partial charge in [0.05, 0.1) is 22.4 Å². The monoisotopic (exact) mass is 842 g/mol. The second kappa shape index (κ2) is 13.3. The normalized spacial score (nSPS) is 14.6. The molecule has 11 aromatic rings. The zero-order valence-electron chi connectivity index (χ0n) is 37.5. The predicted octanol–water partition coefficient (Wildman–Crippen LogP) is 17.3. The van der Waals surface area contributed by atoms with Crippen molar-refractivity contribution in [1.82, 2.24) is 4.57 Å². The first-order valence-corrected chi connectivity index (χ1v) is 23.3. The first-order chi connectivity index (χ1) is 32.2. The van der Waals surface area contributed by atoms with E-state index in [0.29, 0.717) is 0 Å². The van der Waals surface area contributed by atoms with Crippen LogP contribution in [-0.4, -0.2) is 4.57 Å². The van der Waals surface area contributed by atoms with Gasteiger partial charge in [0.25, 0.3) is 0 Å². The third-order valence-electron chi connectivity index (χ3n) is 15.5. The van der Waals surface area contributed by atoms with Gasteiger partial charge in [0.15, 0.2) is 0 Å². The van der Waals surface area contributed by atoms with Gasteiger partial charge in [-0.15, -0.1) is 0 Å². The average Bonchev–Trinajstić information content (AvgIpc) is 3.89. The summed E-state index contributed by atoms with van der Waals surface area (Å²) in [5.41, 5.74) is 25.3. The Hall–Kier alpha value is -7.94. The first kappa shape index (κ1) is 37.4. The zero-order chi connectivity index (χ0) is 44.1. The molecule has 312 valence electrons. The van der Waals surface area contributed by atoms with Crippen molar-refractivity contribution in [2.24, 2.45) is 0 Å². The second-order valence-electron chi connectivity index (χ2n) is 19.7. The molecule has 1 aromatic heterocycles. The zero-order valence-corrected chi connectivity index (χ0v) is 37.5. The second-order valence-corrected chi connectivity index (χ2v) is 19.7. The van der Waals surface area contributed by atoms with Crippen molar-refractivity contribution in [3.8, 4) is 61.3 Å². The summed E-state index contributed by atoms with van der Waals surface area (Å²) in [6, 6.07) is 77.7. The number of benzene rings is 10. The van der Waals surface area contributed by atoms with E-state index in [1.807, 2.05) is 0 Å². The van der Waals surface area contributed by atoms with Crippen molar-refractivity contribution in [2.75, 3.05) is 4.90 Å². The van der Waals surface area contributed by atoms with Gasteiger partial charge in [-0.2, -0.15) is 0 Å². The molecule has 2 aliphatic carbocycles. The Kier molecular flexibility index (Phi) is 7.55. The maximum absolute atomic E-state index is 2.52. The molecule has 3 aliphatic rings. The highest BCUT2D eigenvalue weighted by Crippen LogP contribution is 2.55. The van der Waals surface area contributed by atoms with Gasteiger partial charge in [-0.3, -0.25) is 0 Å². The highest BCUT2D eigenvalue weighted by molar-refractivity contribution is 6.19. The highest BCUT2D eigenvalue weighted by atomic mass is 15.2. The number of hydrogen-bond donors (Lipinski definition) is 0. The van der Waals surface area contributed by atoms with E-state index in [1.54, 1.807) is 0 Å². The van der Waals surface area contributed by atoms with Gasteiger partial charge in [0, 0.05) is 43.9 Å². The van der Waals surface area contributed by atoms with Crippen LogP contribution in [0.25, 0.3) is 93.9 Å². The molecule has 1 aliphatic heterocycles. The highest BCUT2D eigenvalue weighted by Gasteiger charge is 2.37. The van der Waals surface area contributed by atoms with Crippen LogP contribution in [0.4, 0.5) is 17.1 Å². The van der Waals surface area contributed by atoms with Crippen LogP contribution in [0.2, 0.25) is 0 Å². The van der Waals surface area contributed by atoms with E-state index in [9.17, 15) is 0 Å². The minimum absolute atomic E-state index is 0.0262. The lowest BCUT2D eigenvalue weighted by molar-refractivity contribution is 0.660. The van der Waals surface area contributed by atoms with E-state index in [4.69, 9.17) is 0 Å². The quantitative estimate of drug-likeness (QED) is 0.171. The summed E-state index contributed by atoms with van der Waals surface area (Å²) in [5, 5.41) is 5.02. The third kappa shape index (κ3) is 5.07. The number of rotatable bonds is 4. The van der Waals surface area contributed by atoms with E-state index >= 15 is 0 Å². The predicted molar refractivity (Wildman–Crippen MR) is 278 cm³/mol. The molecule has 2 heterocycles. The number of aromatic nitrogens is 1. The lowest BCUT2D eigenvalue weighted by Crippen LogP contribution is -2.15. The van der Waals surface area contributed by atoms with Gasteiger partial charge in [-0.25, -0.2) is 0 Å². The van der Waals surface area contributed by atoms with E-state index in [2.05, 4.69) is 243 Å². The van der Waals surface area contributed by atoms with E-state index < -0.39 is 0 Å². The van der Waals surface area contributed by atoms with Gasteiger partial charge in [0.2, 0.25) is 0 Å². The smallest absolute Gasteiger partial charge is 0.0562 e. The first-order valence-electron chi connectivity index (χ1n) is 23.3. The largest absolute Gasteiger partial charge is 0.309 e. The molecule has 0 spiro atoms. The Morgan fingerprint density at radius 2 is 0.848 bits per heavy atom. The molecule has 0 saturated heterocycles. The molecule has 10 aromatic carbocycles. The topological polar surface area (TPSA) is 8.17 Å². The summed E-state index contributed by atoms with van der Waals surface area (Å²) in [6.07, 6.45) is 0. The molecule has 0 radical (unpaired) electrons. The van der Waals surface area contributed by atoms with Crippen LogP contribution >= 0.6 is 0 Å². The summed E-state index contributed by atoms with van der Waals surface area (Å²) < 4.78 is 2.49. The van der Waals surface area contributed by atoms with E-state index in [1.165, 1.54) is 122 Å². The van der Waals surface area contributed by atoms with Crippen LogP contribution in [-0.2, 0) is 10.8 Å². The van der Waals surface area contributed by atoms with Crippen LogP contribution in [0.5, 0.6) is 0 Å². The lowest BCUT2D eigenvalue weighted by atomic mass is 9.82. The Morgan fingerprint density at radius 1 is 0.318 bits per heavy atom. The van der Waals surface area contributed by atoms with Crippen LogP contribution in [0.3, 0.4) is 0 Å². The minimum Gasteiger partial charge on any atom is -0.309 e. The van der Waals surface area contributed by atoms with Crippen LogP contribution < -0.4 is 4.90 Å². The standard InChI is InChI=1S/C64H46N2/c1-63(2)54-25-8-5-21-46(54)50-35-42(29-31-56(50)63)40-17-11-19-44(33-40)65-58-27-10-7-23-48(58)52-37-53-49-24-13-15-39-16-14-28-59(62(39)49)66(61(53)38-60(52)65)45-20-12-18-41(34-45)43-30-32-57-51(36-43)47-22-6-9-26-55(47)64(57,3)4/h5-38H,1-4H3. The Morgan fingerprint density at radius 3 is 1.53 bits per heavy atom. The fourth-order valence-electron chi connectivity index (χ4n) is 12.3. The maximum Gasteiger partial charge on any atom is 0.0562 e. The molecule has 66 heavy (non-hydrogen) atoms. The SMILES string of the molecule is CC1(C)c2ccccc2-c2cc(-c3cccc(N4c5cc6c(cc5-c5cccc7cccc4c57)c4ccccc4n6-c4cccc(-c5ccc6c(c5)-c5ccccc5C6(C)C)c4)c3)ccc21. The van der Waals surface area contributed by atoms with Gasteiger partial charge < -0.3 is 9.47 Å². The molecule has 0 amide bonds. The number of hydrogen-bond acceptors (Lipinski definition) is 1. The summed E-state index contributed by atoms with van der Waals surface area (Å²) in [4.78, 5) is 2.52. The van der Waals surface area contributed by atoms with Gasteiger partial charge in [0.1, 0.15) is 0 Å². The summed E-state index contributed by atoms with van der Waals surface area (Å²) in [6.45, 7) is 9.41. The maximum atomic E-state index is 2.52. The molecule has 0 fully saturated rings. The molecule has 0 saturated carbocycles. The van der Waals surface area contributed by atoms with Crippen molar-refractivity contribution in [3.05, 3.63) is 229 Å². The Balaban J connectivity index is 0.957. The van der Waals surface area contributed by atoms with Crippen molar-refractivity contribution >= 4 is 49.6 Å². The molecular weight excluding hydrogens is 797 g/mol. The summed E-state index contributed by atoms with van der Waals surface area (Å²) in [5.74, 6) is 0. The van der Waals surface area contributed by atoms with Crippen molar-refractivity contribution < 1.29 is 0 Å². The molecule has 0 N–H and O–H groups in total. The van der Waals surface area contributed by atoms with Crippen molar-refractivity contribution in [2.45, 2.75) is 38.5 Å². The molecule has 0 bridgehead atoms. The van der Waals surface area contributed by atoms with Crippen molar-refractivity contribution in [1.29, 1.82) is 0 Å². The molecule has 2 heteroatoms. The molecular formula is C64H46N2. The fourth-order valence-corrected chi connectivity index (χ4v) is 12.3. The van der Waals surface area contributed by atoms with Crippen molar-refractivity contribution in [3.63, 3.8) is 0 Å². The summed E-state index contributed by atoms with van der Waals surface area (Å²) in [7, 11) is 0. The minimum atomic E-state index is -0.0308. The third-order valence-corrected chi connectivity index (χ3v) is 15.5. The molecule has 0 atom stereocenters. The summed E-state index contributed by atoms with van der Waals surface area (Å²) >= 11 is 0. The molecule has 14 rings (SSSR count). The number of nitrogens with zero attached hydrogens (tertiary/aromatic N) is 2.